The Kier molecular flexibility index (Phi) is 4.46. The maximum Gasteiger partial charge on any atom is 0.405 e. The van der Waals surface area contributed by atoms with E-state index in [1.54, 1.807) is 19.4 Å². The molecule has 7 heteroatoms. The summed E-state index contributed by atoms with van der Waals surface area (Å²) in [6, 6.07) is 3.66. The molecule has 0 spiro atoms. The standard InChI is InChI=1S/C20H22ClN3O3/c1-27-16-3-2-15-17(23-16)13(14(21)12-22-15)4-5-19-6-9-20(10-7-19,11-8-19)24-18(25)26/h2-5,12,24H,6-11H2,1H3,(H,25,26)/b5-4+. The lowest BCUT2D eigenvalue weighted by Crippen LogP contribution is -2.55. The van der Waals surface area contributed by atoms with Crippen molar-refractivity contribution in [1.29, 1.82) is 0 Å². The molecule has 2 heterocycles. The predicted octanol–water partition coefficient (Wildman–Crippen LogP) is 4.67. The van der Waals surface area contributed by atoms with Crippen molar-refractivity contribution in [3.63, 3.8) is 0 Å². The number of pyridine rings is 2. The molecule has 2 N–H and O–H groups in total. The predicted molar refractivity (Wildman–Crippen MR) is 104 cm³/mol. The number of carboxylic acid groups (broad SMARTS) is 1. The maximum atomic E-state index is 11.1. The number of nitrogens with one attached hydrogen (secondary N) is 1. The van der Waals surface area contributed by atoms with Crippen LogP contribution in [0.3, 0.4) is 0 Å². The van der Waals surface area contributed by atoms with E-state index in [4.69, 9.17) is 21.4 Å². The Hall–Kier alpha value is -2.34. The van der Waals surface area contributed by atoms with Crippen LogP contribution in [-0.2, 0) is 0 Å². The second kappa shape index (κ2) is 6.68. The fourth-order valence-electron chi connectivity index (χ4n) is 4.46. The zero-order chi connectivity index (χ0) is 19.1. The van der Waals surface area contributed by atoms with Crippen LogP contribution in [0.4, 0.5) is 4.79 Å². The minimum absolute atomic E-state index is 0.0969. The summed E-state index contributed by atoms with van der Waals surface area (Å²) >= 11 is 6.42. The van der Waals surface area contributed by atoms with Crippen molar-refractivity contribution < 1.29 is 14.6 Å². The maximum absolute atomic E-state index is 11.1. The van der Waals surface area contributed by atoms with Gasteiger partial charge in [0, 0.05) is 23.4 Å². The number of methoxy groups -OCH3 is 1. The minimum Gasteiger partial charge on any atom is -0.481 e. The van der Waals surface area contributed by atoms with Crippen LogP contribution in [0.25, 0.3) is 17.1 Å². The summed E-state index contributed by atoms with van der Waals surface area (Å²) in [5.74, 6) is 0.527. The molecule has 2 aromatic rings. The highest BCUT2D eigenvalue weighted by molar-refractivity contribution is 6.32. The molecule has 27 heavy (non-hydrogen) atoms. The van der Waals surface area contributed by atoms with E-state index in [1.165, 1.54) is 0 Å². The second-order valence-corrected chi connectivity index (χ2v) is 8.05. The van der Waals surface area contributed by atoms with Crippen molar-refractivity contribution in [2.45, 2.75) is 44.1 Å². The zero-order valence-corrected chi connectivity index (χ0v) is 15.9. The van der Waals surface area contributed by atoms with E-state index in [0.29, 0.717) is 10.9 Å². The lowest BCUT2D eigenvalue weighted by molar-refractivity contribution is 0.0575. The number of hydrogen-bond acceptors (Lipinski definition) is 4. The van der Waals surface area contributed by atoms with Gasteiger partial charge in [-0.1, -0.05) is 23.8 Å². The van der Waals surface area contributed by atoms with Gasteiger partial charge in [0.05, 0.1) is 17.6 Å². The van der Waals surface area contributed by atoms with Crippen LogP contribution in [0.2, 0.25) is 5.02 Å². The Bertz CT molecular complexity index is 904. The summed E-state index contributed by atoms with van der Waals surface area (Å²) in [6.45, 7) is 0. The third kappa shape index (κ3) is 3.34. The first-order valence-electron chi connectivity index (χ1n) is 9.14. The quantitative estimate of drug-likeness (QED) is 0.796. The number of allylic oxidation sites excluding steroid dienone is 1. The molecule has 0 saturated heterocycles. The molecule has 3 aliphatic rings. The molecule has 5 rings (SSSR count). The molecular formula is C20H22ClN3O3. The number of rotatable bonds is 4. The highest BCUT2D eigenvalue weighted by Crippen LogP contribution is 2.53. The van der Waals surface area contributed by atoms with Crippen LogP contribution < -0.4 is 10.1 Å². The number of nitrogens with zero attached hydrogens (tertiary/aromatic N) is 2. The Morgan fingerprint density at radius 2 is 1.96 bits per heavy atom. The molecule has 142 valence electrons. The number of halogens is 1. The van der Waals surface area contributed by atoms with E-state index in [2.05, 4.69) is 27.4 Å². The lowest BCUT2D eigenvalue weighted by Gasteiger charge is -2.52. The first-order chi connectivity index (χ1) is 12.9. The average Bonchev–Trinajstić information content (AvgIpc) is 2.67. The molecule has 3 fully saturated rings. The molecule has 0 atom stereocenters. The first-order valence-corrected chi connectivity index (χ1v) is 9.52. The van der Waals surface area contributed by atoms with Gasteiger partial charge in [0.2, 0.25) is 5.88 Å². The molecule has 0 aliphatic heterocycles. The fourth-order valence-corrected chi connectivity index (χ4v) is 4.66. The van der Waals surface area contributed by atoms with E-state index < -0.39 is 6.09 Å². The molecule has 0 radical (unpaired) electrons. The third-order valence-electron chi connectivity index (χ3n) is 6.17. The molecule has 0 aromatic carbocycles. The van der Waals surface area contributed by atoms with Gasteiger partial charge in [-0.3, -0.25) is 4.98 Å². The van der Waals surface area contributed by atoms with E-state index in [0.717, 1.165) is 55.1 Å². The van der Waals surface area contributed by atoms with Gasteiger partial charge in [0.25, 0.3) is 0 Å². The normalized spacial score (nSPS) is 27.2. The SMILES string of the molecule is COc1ccc2ncc(Cl)c(/C=C/C34CCC(NC(=O)O)(CC3)CC4)c2n1. The van der Waals surface area contributed by atoms with Crippen molar-refractivity contribution in [3.8, 4) is 5.88 Å². The minimum atomic E-state index is -0.921. The topological polar surface area (TPSA) is 84.3 Å². The van der Waals surface area contributed by atoms with Gasteiger partial charge >= 0.3 is 6.09 Å². The summed E-state index contributed by atoms with van der Waals surface area (Å²) < 4.78 is 5.24. The van der Waals surface area contributed by atoms with Crippen molar-refractivity contribution in [2.24, 2.45) is 5.41 Å². The van der Waals surface area contributed by atoms with Crippen LogP contribution in [0, 0.1) is 5.41 Å². The van der Waals surface area contributed by atoms with E-state index in [9.17, 15) is 4.79 Å². The summed E-state index contributed by atoms with van der Waals surface area (Å²) in [7, 11) is 1.59. The molecule has 2 bridgehead atoms. The number of ether oxygens (including phenoxy) is 1. The molecule has 1 amide bonds. The lowest BCUT2D eigenvalue weighted by atomic mass is 9.57. The summed E-state index contributed by atoms with van der Waals surface area (Å²) in [4.78, 5) is 20.0. The van der Waals surface area contributed by atoms with Crippen LogP contribution in [0.5, 0.6) is 5.88 Å². The Labute approximate surface area is 162 Å². The number of amides is 1. The number of fused-ring (bicyclic) bond motifs is 4. The highest BCUT2D eigenvalue weighted by Gasteiger charge is 2.48. The Morgan fingerprint density at radius 1 is 1.26 bits per heavy atom. The fraction of sp³-hybridized carbons (Fsp3) is 0.450. The Balaban J connectivity index is 1.63. The van der Waals surface area contributed by atoms with Gasteiger partial charge < -0.3 is 15.2 Å². The van der Waals surface area contributed by atoms with Crippen molar-refractivity contribution >= 4 is 34.8 Å². The zero-order valence-electron chi connectivity index (χ0n) is 15.2. The van der Waals surface area contributed by atoms with Crippen LogP contribution in [0.1, 0.15) is 44.1 Å². The molecule has 0 unspecified atom stereocenters. The largest absolute Gasteiger partial charge is 0.481 e. The van der Waals surface area contributed by atoms with Crippen molar-refractivity contribution in [2.75, 3.05) is 7.11 Å². The van der Waals surface area contributed by atoms with Gasteiger partial charge in [0.1, 0.15) is 5.52 Å². The molecule has 6 nitrogen and oxygen atoms in total. The summed E-state index contributed by atoms with van der Waals surface area (Å²) in [5, 5.41) is 12.4. The highest BCUT2D eigenvalue weighted by atomic mass is 35.5. The number of aromatic nitrogens is 2. The summed E-state index contributed by atoms with van der Waals surface area (Å²) in [5.41, 5.74) is 2.20. The molecule has 3 saturated carbocycles. The van der Waals surface area contributed by atoms with Gasteiger partial charge in [-0.2, -0.15) is 0 Å². The van der Waals surface area contributed by atoms with Crippen LogP contribution >= 0.6 is 11.6 Å². The van der Waals surface area contributed by atoms with E-state index >= 15 is 0 Å². The molecule has 2 aromatic heterocycles. The second-order valence-electron chi connectivity index (χ2n) is 7.65. The smallest absolute Gasteiger partial charge is 0.405 e. The third-order valence-corrected chi connectivity index (χ3v) is 6.47. The first kappa shape index (κ1) is 18.0. The number of carbonyl (C=O) groups is 1. The molecule has 3 aliphatic carbocycles. The summed E-state index contributed by atoms with van der Waals surface area (Å²) in [6.07, 6.45) is 10.6. The van der Waals surface area contributed by atoms with Crippen LogP contribution in [-0.4, -0.2) is 33.8 Å². The Morgan fingerprint density at radius 3 is 2.59 bits per heavy atom. The van der Waals surface area contributed by atoms with E-state index in [-0.39, 0.29) is 11.0 Å². The van der Waals surface area contributed by atoms with Gasteiger partial charge in [-0.15, -0.1) is 0 Å². The van der Waals surface area contributed by atoms with Crippen LogP contribution in [0.15, 0.2) is 24.4 Å². The molecular weight excluding hydrogens is 366 g/mol. The van der Waals surface area contributed by atoms with E-state index in [1.807, 2.05) is 6.07 Å². The van der Waals surface area contributed by atoms with Crippen molar-refractivity contribution in [1.82, 2.24) is 15.3 Å². The average molecular weight is 388 g/mol. The number of hydrogen-bond donors (Lipinski definition) is 2. The van der Waals surface area contributed by atoms with Gasteiger partial charge in [-0.05, 0) is 50.0 Å². The van der Waals surface area contributed by atoms with Gasteiger partial charge in [0.15, 0.2) is 0 Å². The monoisotopic (exact) mass is 387 g/mol. The van der Waals surface area contributed by atoms with Gasteiger partial charge in [-0.25, -0.2) is 9.78 Å². The van der Waals surface area contributed by atoms with Crippen molar-refractivity contribution in [3.05, 3.63) is 35.0 Å².